The quantitative estimate of drug-likeness (QED) is 0.472. The van der Waals surface area contributed by atoms with Crippen LogP contribution in [0.5, 0.6) is 0 Å². The fourth-order valence-corrected chi connectivity index (χ4v) is 1.94. The lowest BCUT2D eigenvalue weighted by Crippen LogP contribution is -2.41. The van der Waals surface area contributed by atoms with Crippen molar-refractivity contribution in [2.24, 2.45) is 0 Å². The molecular weight excluding hydrogens is 175 g/mol. The minimum atomic E-state index is -0.180. The van der Waals surface area contributed by atoms with Crippen LogP contribution in [0.2, 0.25) is 5.82 Å². The zero-order valence-corrected chi connectivity index (χ0v) is 9.54. The molecule has 3 heteroatoms. The first-order valence-electron chi connectivity index (χ1n) is 5.43. The van der Waals surface area contributed by atoms with Crippen molar-refractivity contribution in [1.29, 1.82) is 0 Å². The molecule has 0 unspecified atom stereocenters. The highest BCUT2D eigenvalue weighted by Crippen LogP contribution is 2.42. The molecule has 0 aromatic carbocycles. The van der Waals surface area contributed by atoms with Crippen molar-refractivity contribution < 1.29 is 9.31 Å². The van der Waals surface area contributed by atoms with Crippen LogP contribution in [-0.2, 0) is 9.31 Å². The summed E-state index contributed by atoms with van der Waals surface area (Å²) >= 11 is 0. The molecule has 0 aromatic heterocycles. The minimum Gasteiger partial charge on any atom is -0.403 e. The largest absolute Gasteiger partial charge is 0.461 e. The highest BCUT2D eigenvalue weighted by atomic mass is 16.7. The van der Waals surface area contributed by atoms with E-state index >= 15 is 0 Å². The maximum atomic E-state index is 5.99. The molecule has 1 aliphatic carbocycles. The van der Waals surface area contributed by atoms with E-state index in [0.29, 0.717) is 5.82 Å². The Morgan fingerprint density at radius 1 is 1.00 bits per heavy atom. The number of rotatable bonds is 1. The molecule has 0 aromatic rings. The van der Waals surface area contributed by atoms with Gasteiger partial charge in [0.15, 0.2) is 0 Å². The molecule has 1 saturated heterocycles. The van der Waals surface area contributed by atoms with Crippen molar-refractivity contribution in [2.45, 2.75) is 57.6 Å². The van der Waals surface area contributed by atoms with Gasteiger partial charge in [-0.3, -0.25) is 0 Å². The van der Waals surface area contributed by atoms with Crippen LogP contribution in [-0.4, -0.2) is 18.3 Å². The molecule has 2 rings (SSSR count). The first kappa shape index (κ1) is 10.2. The molecule has 0 bridgehead atoms. The van der Waals surface area contributed by atoms with Crippen LogP contribution in [0.15, 0.2) is 12.2 Å². The summed E-state index contributed by atoms with van der Waals surface area (Å²) in [5, 5.41) is 0. The normalized spacial score (nSPS) is 30.1. The van der Waals surface area contributed by atoms with Gasteiger partial charge in [0.1, 0.15) is 0 Å². The van der Waals surface area contributed by atoms with Gasteiger partial charge in [-0.05, 0) is 40.5 Å². The number of hydrogen-bond donors (Lipinski definition) is 0. The number of hydrogen-bond acceptors (Lipinski definition) is 2. The second-order valence-corrected chi connectivity index (χ2v) is 5.33. The Kier molecular flexibility index (Phi) is 2.28. The average molecular weight is 194 g/mol. The molecule has 2 nitrogen and oxygen atoms in total. The molecule has 1 heterocycles. The highest BCUT2D eigenvalue weighted by molar-refractivity contribution is 6.47. The molecule has 0 amide bonds. The Labute approximate surface area is 86.8 Å². The van der Waals surface area contributed by atoms with Gasteiger partial charge in [0.2, 0.25) is 0 Å². The van der Waals surface area contributed by atoms with Crippen molar-refractivity contribution in [3.05, 3.63) is 12.2 Å². The summed E-state index contributed by atoms with van der Waals surface area (Å²) < 4.78 is 12.0. The lowest BCUT2D eigenvalue weighted by molar-refractivity contribution is 0.00578. The summed E-state index contributed by atoms with van der Waals surface area (Å²) in [6.45, 7) is 8.43. The Morgan fingerprint density at radius 3 is 1.86 bits per heavy atom. The van der Waals surface area contributed by atoms with Crippen LogP contribution in [0.4, 0.5) is 0 Å². The van der Waals surface area contributed by atoms with Gasteiger partial charge in [0, 0.05) is 5.82 Å². The summed E-state index contributed by atoms with van der Waals surface area (Å²) in [6.07, 6.45) is 6.62. The summed E-state index contributed by atoms with van der Waals surface area (Å²) in [6, 6.07) is 0. The van der Waals surface area contributed by atoms with E-state index in [1.54, 1.807) is 0 Å². The SMILES string of the molecule is CC1(C)OB(C2CC=CC2)OC1(C)C. The van der Waals surface area contributed by atoms with E-state index in [1.165, 1.54) is 0 Å². The molecule has 0 N–H and O–H groups in total. The van der Waals surface area contributed by atoms with Gasteiger partial charge >= 0.3 is 7.12 Å². The fraction of sp³-hybridized carbons (Fsp3) is 0.818. The van der Waals surface area contributed by atoms with Gasteiger partial charge in [-0.25, -0.2) is 0 Å². The van der Waals surface area contributed by atoms with Crippen molar-refractivity contribution >= 4 is 7.12 Å². The zero-order valence-electron chi connectivity index (χ0n) is 9.54. The molecule has 78 valence electrons. The summed E-state index contributed by atoms with van der Waals surface area (Å²) in [5.74, 6) is 0.524. The van der Waals surface area contributed by atoms with E-state index in [0.717, 1.165) is 12.8 Å². The van der Waals surface area contributed by atoms with E-state index < -0.39 is 0 Å². The maximum Gasteiger partial charge on any atom is 0.461 e. The minimum absolute atomic E-state index is 0.0185. The van der Waals surface area contributed by atoms with Crippen LogP contribution >= 0.6 is 0 Å². The molecule has 0 saturated carbocycles. The standard InChI is InChI=1S/C11H19BO2/c1-10(2)11(3,4)14-12(13-10)9-7-5-6-8-9/h5-6,9H,7-8H2,1-4H3. The van der Waals surface area contributed by atoms with Crippen LogP contribution in [0.25, 0.3) is 0 Å². The maximum absolute atomic E-state index is 5.99. The highest BCUT2D eigenvalue weighted by Gasteiger charge is 2.53. The van der Waals surface area contributed by atoms with Gasteiger partial charge in [-0.1, -0.05) is 12.2 Å². The van der Waals surface area contributed by atoms with Crippen LogP contribution in [0.1, 0.15) is 40.5 Å². The molecule has 1 fully saturated rings. The van der Waals surface area contributed by atoms with Crippen molar-refractivity contribution in [2.75, 3.05) is 0 Å². The molecule has 0 spiro atoms. The van der Waals surface area contributed by atoms with Gasteiger partial charge in [0.25, 0.3) is 0 Å². The second kappa shape index (κ2) is 3.11. The van der Waals surface area contributed by atoms with Crippen molar-refractivity contribution in [3.8, 4) is 0 Å². The molecule has 2 aliphatic rings. The Morgan fingerprint density at radius 2 is 1.43 bits per heavy atom. The fourth-order valence-electron chi connectivity index (χ4n) is 1.94. The average Bonchev–Trinajstić information content (AvgIpc) is 2.58. The molecular formula is C11H19BO2. The third-order valence-corrected chi connectivity index (χ3v) is 3.70. The first-order valence-corrected chi connectivity index (χ1v) is 5.43. The Bertz CT molecular complexity index is 234. The molecule has 0 radical (unpaired) electrons. The Hall–Kier alpha value is -0.275. The summed E-state index contributed by atoms with van der Waals surface area (Å²) in [7, 11) is -0.0185. The van der Waals surface area contributed by atoms with Gasteiger partial charge in [0.05, 0.1) is 11.2 Å². The lowest BCUT2D eigenvalue weighted by atomic mass is 9.70. The first-order chi connectivity index (χ1) is 6.42. The molecule has 1 aliphatic heterocycles. The summed E-state index contributed by atoms with van der Waals surface area (Å²) in [5.41, 5.74) is -0.361. The second-order valence-electron chi connectivity index (χ2n) is 5.33. The van der Waals surface area contributed by atoms with E-state index in [9.17, 15) is 0 Å². The van der Waals surface area contributed by atoms with Crippen molar-refractivity contribution in [3.63, 3.8) is 0 Å². The zero-order chi connectivity index (χ0) is 10.4. The molecule has 0 atom stereocenters. The third kappa shape index (κ3) is 1.53. The van der Waals surface area contributed by atoms with Crippen LogP contribution in [0, 0.1) is 0 Å². The topological polar surface area (TPSA) is 18.5 Å². The van der Waals surface area contributed by atoms with E-state index in [1.807, 2.05) is 0 Å². The van der Waals surface area contributed by atoms with Crippen molar-refractivity contribution in [1.82, 2.24) is 0 Å². The van der Waals surface area contributed by atoms with E-state index in [2.05, 4.69) is 39.8 Å². The van der Waals surface area contributed by atoms with Gasteiger partial charge < -0.3 is 9.31 Å². The monoisotopic (exact) mass is 194 g/mol. The smallest absolute Gasteiger partial charge is 0.403 e. The van der Waals surface area contributed by atoms with Crippen LogP contribution in [0.3, 0.4) is 0 Å². The Balaban J connectivity index is 2.06. The van der Waals surface area contributed by atoms with E-state index in [4.69, 9.17) is 9.31 Å². The summed E-state index contributed by atoms with van der Waals surface area (Å²) in [4.78, 5) is 0. The predicted molar refractivity (Wildman–Crippen MR) is 58.2 cm³/mol. The van der Waals surface area contributed by atoms with Gasteiger partial charge in [-0.15, -0.1) is 0 Å². The predicted octanol–water partition coefficient (Wildman–Crippen LogP) is 2.80. The van der Waals surface area contributed by atoms with Gasteiger partial charge in [-0.2, -0.15) is 0 Å². The number of allylic oxidation sites excluding steroid dienone is 2. The molecule has 14 heavy (non-hydrogen) atoms. The van der Waals surface area contributed by atoms with Crippen LogP contribution < -0.4 is 0 Å². The van der Waals surface area contributed by atoms with E-state index in [-0.39, 0.29) is 18.3 Å². The third-order valence-electron chi connectivity index (χ3n) is 3.70. The lowest BCUT2D eigenvalue weighted by Gasteiger charge is -2.32.